The summed E-state index contributed by atoms with van der Waals surface area (Å²) in [5, 5.41) is 6.15. The molecule has 10 heteroatoms. The van der Waals surface area contributed by atoms with Crippen molar-refractivity contribution in [2.24, 2.45) is 0 Å². The number of carbonyl (C=O) groups excluding carboxylic acids is 1. The van der Waals surface area contributed by atoms with E-state index in [1.165, 1.54) is 6.20 Å². The van der Waals surface area contributed by atoms with E-state index in [4.69, 9.17) is 11.6 Å². The van der Waals surface area contributed by atoms with Gasteiger partial charge in [0.25, 0.3) is 0 Å². The maximum atomic E-state index is 14.7. The monoisotopic (exact) mass is 470 g/mol. The summed E-state index contributed by atoms with van der Waals surface area (Å²) in [6.07, 6.45) is 3.57. The molecule has 0 bridgehead atoms. The first-order valence-electron chi connectivity index (χ1n) is 10.3. The van der Waals surface area contributed by atoms with Gasteiger partial charge in [-0.25, -0.2) is 24.1 Å². The van der Waals surface area contributed by atoms with Crippen LogP contribution in [0.1, 0.15) is 16.5 Å². The Balaban J connectivity index is 1.33. The number of nitrogens with one attached hydrogen (secondary N) is 2. The summed E-state index contributed by atoms with van der Waals surface area (Å²) in [5.74, 6) is -0.0630. The molecular formula is C22H20ClFN6OS. The molecule has 1 saturated heterocycles. The van der Waals surface area contributed by atoms with Crippen LogP contribution in [0.15, 0.2) is 47.6 Å². The number of amides is 2. The third-order valence-electron chi connectivity index (χ3n) is 5.49. The quantitative estimate of drug-likeness (QED) is 0.526. The highest BCUT2D eigenvalue weighted by Gasteiger charge is 2.30. The molecule has 1 aromatic carbocycles. The average Bonchev–Trinajstić information content (AvgIpc) is 3.40. The molecule has 1 unspecified atom stereocenters. The standard InChI is InChI=1S/C22H20ClFN6OS/c23-18-11-13(4-5-25-18)15-3-1-2-14-10-17(32-20(14)15)19-16(24)12-28-21(29-19)26-6-8-30-9-7-27-22(30)31/h1-5,11-12,17H,6-10H2,(H,27,31)(H,26,28,29). The van der Waals surface area contributed by atoms with Crippen LogP contribution >= 0.6 is 23.4 Å². The van der Waals surface area contributed by atoms with Gasteiger partial charge in [-0.3, -0.25) is 0 Å². The second-order valence-corrected chi connectivity index (χ2v) is 9.14. The first kappa shape index (κ1) is 21.0. The number of benzene rings is 1. The van der Waals surface area contributed by atoms with Crippen molar-refractivity contribution in [2.45, 2.75) is 16.6 Å². The molecule has 2 amide bonds. The Hall–Kier alpha value is -2.91. The maximum Gasteiger partial charge on any atom is 0.317 e. The fraction of sp³-hybridized carbons (Fsp3) is 0.273. The van der Waals surface area contributed by atoms with Gasteiger partial charge < -0.3 is 15.5 Å². The largest absolute Gasteiger partial charge is 0.352 e. The van der Waals surface area contributed by atoms with Crippen molar-refractivity contribution in [1.82, 2.24) is 25.2 Å². The summed E-state index contributed by atoms with van der Waals surface area (Å²) in [7, 11) is 0. The average molecular weight is 471 g/mol. The lowest BCUT2D eigenvalue weighted by Crippen LogP contribution is -2.32. The van der Waals surface area contributed by atoms with Crippen LogP contribution in [-0.2, 0) is 6.42 Å². The highest BCUT2D eigenvalue weighted by molar-refractivity contribution is 8.00. The van der Waals surface area contributed by atoms with Gasteiger partial charge in [-0.05, 0) is 35.2 Å². The Kier molecular flexibility index (Phi) is 5.84. The highest BCUT2D eigenvalue weighted by atomic mass is 35.5. The Morgan fingerprint density at radius 2 is 2.22 bits per heavy atom. The van der Waals surface area contributed by atoms with Gasteiger partial charge in [0.1, 0.15) is 5.15 Å². The molecule has 2 aromatic heterocycles. The van der Waals surface area contributed by atoms with Gasteiger partial charge in [-0.2, -0.15) is 0 Å². The number of anilines is 1. The van der Waals surface area contributed by atoms with Gasteiger partial charge >= 0.3 is 6.03 Å². The summed E-state index contributed by atoms with van der Waals surface area (Å²) in [4.78, 5) is 27.1. The van der Waals surface area contributed by atoms with Crippen molar-refractivity contribution in [3.05, 3.63) is 65.0 Å². The number of thioether (sulfide) groups is 1. The number of pyridine rings is 1. The Labute approximate surface area is 193 Å². The number of carbonyl (C=O) groups is 1. The second kappa shape index (κ2) is 8.91. The van der Waals surface area contributed by atoms with Crippen molar-refractivity contribution in [3.8, 4) is 11.1 Å². The van der Waals surface area contributed by atoms with E-state index in [1.54, 1.807) is 22.9 Å². The number of nitrogens with zero attached hydrogens (tertiary/aromatic N) is 4. The first-order valence-corrected chi connectivity index (χ1v) is 11.5. The Morgan fingerprint density at radius 1 is 1.31 bits per heavy atom. The lowest BCUT2D eigenvalue weighted by atomic mass is 10.0. The molecule has 0 aliphatic carbocycles. The van der Waals surface area contributed by atoms with Gasteiger partial charge in [0.05, 0.1) is 17.1 Å². The summed E-state index contributed by atoms with van der Waals surface area (Å²) in [6.45, 7) is 2.36. The summed E-state index contributed by atoms with van der Waals surface area (Å²) in [6, 6.07) is 9.79. The van der Waals surface area contributed by atoms with E-state index in [1.807, 2.05) is 24.3 Å². The minimum atomic E-state index is -0.423. The lowest BCUT2D eigenvalue weighted by molar-refractivity contribution is 0.219. The van der Waals surface area contributed by atoms with Crippen molar-refractivity contribution >= 4 is 35.3 Å². The predicted molar refractivity (Wildman–Crippen MR) is 122 cm³/mol. The van der Waals surface area contributed by atoms with E-state index in [0.717, 1.165) is 21.6 Å². The third kappa shape index (κ3) is 4.22. The summed E-state index contributed by atoms with van der Waals surface area (Å²) < 4.78 is 14.7. The molecule has 0 radical (unpaired) electrons. The SMILES string of the molecule is O=C1NCCN1CCNc1ncc(F)c(C2Cc3cccc(-c4ccnc(Cl)c4)c3S2)n1. The smallest absolute Gasteiger partial charge is 0.317 e. The Bertz CT molecular complexity index is 1180. The van der Waals surface area contributed by atoms with Gasteiger partial charge in [0.2, 0.25) is 5.95 Å². The van der Waals surface area contributed by atoms with Crippen LogP contribution in [0.4, 0.5) is 15.1 Å². The van der Waals surface area contributed by atoms with Crippen LogP contribution in [0.5, 0.6) is 0 Å². The second-order valence-electron chi connectivity index (χ2n) is 7.54. The number of fused-ring (bicyclic) bond motifs is 1. The highest BCUT2D eigenvalue weighted by Crippen LogP contribution is 2.50. The van der Waals surface area contributed by atoms with E-state index in [-0.39, 0.29) is 11.3 Å². The number of urea groups is 1. The molecule has 32 heavy (non-hydrogen) atoms. The molecule has 164 valence electrons. The fourth-order valence-corrected chi connectivity index (χ4v) is 5.55. The molecule has 7 nitrogen and oxygen atoms in total. The topological polar surface area (TPSA) is 83.0 Å². The number of hydrogen-bond donors (Lipinski definition) is 2. The van der Waals surface area contributed by atoms with Crippen LogP contribution in [-0.4, -0.2) is 52.1 Å². The van der Waals surface area contributed by atoms with E-state index in [9.17, 15) is 9.18 Å². The predicted octanol–water partition coefficient (Wildman–Crippen LogP) is 4.16. The zero-order valence-corrected chi connectivity index (χ0v) is 18.6. The van der Waals surface area contributed by atoms with E-state index in [0.29, 0.717) is 49.4 Å². The molecule has 0 saturated carbocycles. The van der Waals surface area contributed by atoms with Gasteiger partial charge in [0, 0.05) is 37.3 Å². The van der Waals surface area contributed by atoms with Crippen molar-refractivity contribution in [2.75, 3.05) is 31.5 Å². The molecule has 2 aliphatic rings. The minimum Gasteiger partial charge on any atom is -0.352 e. The molecule has 4 heterocycles. The summed E-state index contributed by atoms with van der Waals surface area (Å²) >= 11 is 7.68. The molecule has 3 aromatic rings. The zero-order chi connectivity index (χ0) is 22.1. The molecule has 0 spiro atoms. The van der Waals surface area contributed by atoms with E-state index < -0.39 is 5.82 Å². The Morgan fingerprint density at radius 3 is 3.03 bits per heavy atom. The van der Waals surface area contributed by atoms with Crippen molar-refractivity contribution < 1.29 is 9.18 Å². The molecule has 1 atom stereocenters. The van der Waals surface area contributed by atoms with Gasteiger partial charge in [0.15, 0.2) is 5.82 Å². The third-order valence-corrected chi connectivity index (χ3v) is 7.08. The normalized spacial score (nSPS) is 17.4. The molecule has 2 N–H and O–H groups in total. The van der Waals surface area contributed by atoms with E-state index in [2.05, 4.69) is 31.7 Å². The van der Waals surface area contributed by atoms with Crippen LogP contribution < -0.4 is 10.6 Å². The van der Waals surface area contributed by atoms with Crippen LogP contribution in [0.2, 0.25) is 5.15 Å². The number of halogens is 2. The fourth-order valence-electron chi connectivity index (χ4n) is 3.94. The number of rotatable bonds is 6. The van der Waals surface area contributed by atoms with Crippen molar-refractivity contribution in [1.29, 1.82) is 0 Å². The summed E-state index contributed by atoms with van der Waals surface area (Å²) in [5.41, 5.74) is 3.56. The van der Waals surface area contributed by atoms with Crippen LogP contribution in [0, 0.1) is 5.82 Å². The van der Waals surface area contributed by atoms with Crippen molar-refractivity contribution in [3.63, 3.8) is 0 Å². The zero-order valence-electron chi connectivity index (χ0n) is 17.0. The van der Waals surface area contributed by atoms with Crippen LogP contribution in [0.3, 0.4) is 0 Å². The number of aromatic nitrogens is 3. The molecule has 2 aliphatic heterocycles. The maximum absolute atomic E-state index is 14.7. The first-order chi connectivity index (χ1) is 15.6. The minimum absolute atomic E-state index is 0.0704. The lowest BCUT2D eigenvalue weighted by Gasteiger charge is -2.15. The molecule has 5 rings (SSSR count). The van der Waals surface area contributed by atoms with E-state index >= 15 is 0 Å². The van der Waals surface area contributed by atoms with Gasteiger partial charge in [-0.1, -0.05) is 29.8 Å². The number of hydrogen-bond acceptors (Lipinski definition) is 6. The van der Waals surface area contributed by atoms with Gasteiger partial charge in [-0.15, -0.1) is 11.8 Å². The molecular weight excluding hydrogens is 451 g/mol. The molecule has 1 fully saturated rings. The van der Waals surface area contributed by atoms with Crippen LogP contribution in [0.25, 0.3) is 11.1 Å².